The molecule has 0 radical (unpaired) electrons. The molecule has 22 heavy (non-hydrogen) atoms. The lowest BCUT2D eigenvalue weighted by molar-refractivity contribution is -0.155. The van der Waals surface area contributed by atoms with Gasteiger partial charge >= 0.3 is 11.9 Å². The van der Waals surface area contributed by atoms with E-state index in [0.717, 1.165) is 5.56 Å². The number of carbonyl (C=O) groups excluding carboxylic acids is 1. The van der Waals surface area contributed by atoms with E-state index < -0.39 is 17.9 Å². The van der Waals surface area contributed by atoms with Crippen LogP contribution in [0.4, 0.5) is 0 Å². The lowest BCUT2D eigenvalue weighted by atomic mass is 9.99. The highest BCUT2D eigenvalue weighted by Gasteiger charge is 2.29. The molecule has 6 nitrogen and oxygen atoms in total. The van der Waals surface area contributed by atoms with E-state index in [1.54, 1.807) is 24.3 Å². The zero-order chi connectivity index (χ0) is 15.2. The van der Waals surface area contributed by atoms with Gasteiger partial charge in [-0.1, -0.05) is 42.5 Å². The van der Waals surface area contributed by atoms with Crippen LogP contribution in [0.15, 0.2) is 54.6 Å². The number of carbonyl (C=O) groups is 2. The number of carboxylic acids is 1. The van der Waals surface area contributed by atoms with Gasteiger partial charge in [0.15, 0.2) is 5.92 Å². The van der Waals surface area contributed by atoms with Gasteiger partial charge in [0.2, 0.25) is 0 Å². The average Bonchev–Trinajstić information content (AvgIpc) is 2.48. The summed E-state index contributed by atoms with van der Waals surface area (Å²) in [6.45, 7) is 0.0154. The molecule has 0 heterocycles. The zero-order valence-corrected chi connectivity index (χ0v) is 11.6. The first kappa shape index (κ1) is 17.2. The summed E-state index contributed by atoms with van der Waals surface area (Å²) in [5.41, 5.74) is 1.04. The number of rotatable bonds is 5. The van der Waals surface area contributed by atoms with Crippen molar-refractivity contribution in [3.63, 3.8) is 0 Å². The van der Waals surface area contributed by atoms with Crippen LogP contribution in [0.2, 0.25) is 0 Å². The molecule has 0 aliphatic carbocycles. The van der Waals surface area contributed by atoms with Crippen LogP contribution in [0.1, 0.15) is 17.0 Å². The second-order valence-corrected chi connectivity index (χ2v) is 4.46. The Morgan fingerprint density at radius 1 is 1.00 bits per heavy atom. The van der Waals surface area contributed by atoms with Crippen molar-refractivity contribution in [3.05, 3.63) is 65.7 Å². The van der Waals surface area contributed by atoms with Crippen molar-refractivity contribution in [1.29, 1.82) is 0 Å². The van der Waals surface area contributed by atoms with Gasteiger partial charge in [0, 0.05) is 0 Å². The summed E-state index contributed by atoms with van der Waals surface area (Å²) in [4.78, 5) is 23.3. The average molecular weight is 304 g/mol. The summed E-state index contributed by atoms with van der Waals surface area (Å²) < 4.78 is 5.05. The van der Waals surface area contributed by atoms with E-state index in [4.69, 9.17) is 4.74 Å². The molecule has 0 fully saturated rings. The first-order chi connectivity index (χ1) is 10.1. The van der Waals surface area contributed by atoms with Gasteiger partial charge < -0.3 is 20.4 Å². The van der Waals surface area contributed by atoms with E-state index in [2.05, 4.69) is 0 Å². The molecule has 4 N–H and O–H groups in total. The number of benzene rings is 2. The summed E-state index contributed by atoms with van der Waals surface area (Å²) in [5.74, 6) is -3.54. The van der Waals surface area contributed by atoms with Gasteiger partial charge in [0.25, 0.3) is 0 Å². The Kier molecular flexibility index (Phi) is 6.09. The smallest absolute Gasteiger partial charge is 0.325 e. The van der Waals surface area contributed by atoms with Crippen molar-refractivity contribution in [2.75, 3.05) is 0 Å². The summed E-state index contributed by atoms with van der Waals surface area (Å²) in [6.07, 6.45) is 0. The Balaban J connectivity index is 0.00000242. The molecule has 0 spiro atoms. The molecule has 0 amide bonds. The van der Waals surface area contributed by atoms with Crippen LogP contribution in [0.25, 0.3) is 0 Å². The fraction of sp³-hybridized carbons (Fsp3) is 0.125. The van der Waals surface area contributed by atoms with E-state index in [1.807, 2.05) is 6.07 Å². The van der Waals surface area contributed by atoms with Crippen LogP contribution in [0.3, 0.4) is 0 Å². The van der Waals surface area contributed by atoms with Gasteiger partial charge in [-0.3, -0.25) is 9.59 Å². The van der Waals surface area contributed by atoms with Crippen LogP contribution in [-0.4, -0.2) is 27.6 Å². The lowest BCUT2D eigenvalue weighted by Gasteiger charge is -2.12. The Bertz CT molecular complexity index is 621. The Hall–Kier alpha value is -2.86. The van der Waals surface area contributed by atoms with Crippen LogP contribution in [-0.2, 0) is 20.9 Å². The number of aliphatic carboxylic acids is 1. The number of ether oxygens (including phenoxy) is 1. The number of phenols is 1. The minimum absolute atomic E-state index is 0. The number of esters is 1. The van der Waals surface area contributed by atoms with Crippen molar-refractivity contribution in [2.24, 2.45) is 0 Å². The zero-order valence-electron chi connectivity index (χ0n) is 11.6. The maximum absolute atomic E-state index is 12.0. The highest BCUT2D eigenvalue weighted by atomic mass is 16.5. The molecule has 0 aliphatic rings. The normalized spacial score (nSPS) is 11.1. The molecule has 0 aromatic heterocycles. The Morgan fingerprint density at radius 2 is 1.59 bits per heavy atom. The Morgan fingerprint density at radius 3 is 2.14 bits per heavy atom. The highest BCUT2D eigenvalue weighted by Crippen LogP contribution is 2.21. The van der Waals surface area contributed by atoms with E-state index >= 15 is 0 Å². The second-order valence-electron chi connectivity index (χ2n) is 4.46. The third-order valence-electron chi connectivity index (χ3n) is 2.93. The SMILES string of the molecule is O.O=C(O)C(C(=O)OCc1ccccc1)c1ccc(O)cc1. The summed E-state index contributed by atoms with van der Waals surface area (Å²) in [5, 5.41) is 18.4. The fourth-order valence-corrected chi connectivity index (χ4v) is 1.86. The summed E-state index contributed by atoms with van der Waals surface area (Å²) in [7, 11) is 0. The Labute approximate surface area is 126 Å². The van der Waals surface area contributed by atoms with Crippen molar-refractivity contribution < 1.29 is 30.0 Å². The summed E-state index contributed by atoms with van der Waals surface area (Å²) >= 11 is 0. The van der Waals surface area contributed by atoms with Gasteiger partial charge in [-0.2, -0.15) is 0 Å². The second kappa shape index (κ2) is 7.80. The van der Waals surface area contributed by atoms with Gasteiger partial charge in [0.1, 0.15) is 12.4 Å². The molecule has 2 aromatic carbocycles. The van der Waals surface area contributed by atoms with E-state index in [-0.39, 0.29) is 23.4 Å². The molecule has 0 bridgehead atoms. The van der Waals surface area contributed by atoms with Gasteiger partial charge in [-0.05, 0) is 23.3 Å². The quantitative estimate of drug-likeness (QED) is 0.641. The molecule has 6 heteroatoms. The number of phenolic OH excluding ortho intramolecular Hbond substituents is 1. The summed E-state index contributed by atoms with van der Waals surface area (Å²) in [6, 6.07) is 14.4. The molecule has 2 aromatic rings. The predicted molar refractivity (Wildman–Crippen MR) is 78.3 cm³/mol. The molecule has 0 saturated heterocycles. The van der Waals surface area contributed by atoms with Crippen LogP contribution in [0, 0.1) is 0 Å². The predicted octanol–water partition coefficient (Wildman–Crippen LogP) is 1.48. The third-order valence-corrected chi connectivity index (χ3v) is 2.93. The van der Waals surface area contributed by atoms with Crippen molar-refractivity contribution in [2.45, 2.75) is 12.5 Å². The molecule has 0 saturated carbocycles. The number of carboxylic acid groups (broad SMARTS) is 1. The van der Waals surface area contributed by atoms with Crippen LogP contribution < -0.4 is 0 Å². The molecule has 2 rings (SSSR count). The standard InChI is InChI=1S/C16H14O5.H2O/c17-13-8-6-12(7-9-13)14(15(18)19)16(20)21-10-11-4-2-1-3-5-11;/h1-9,14,17H,10H2,(H,18,19);1H2. The minimum Gasteiger partial charge on any atom is -0.508 e. The molecule has 1 unspecified atom stereocenters. The first-order valence-corrected chi connectivity index (χ1v) is 6.30. The fourth-order valence-electron chi connectivity index (χ4n) is 1.86. The first-order valence-electron chi connectivity index (χ1n) is 6.30. The van der Waals surface area contributed by atoms with E-state index in [9.17, 15) is 19.8 Å². The topological polar surface area (TPSA) is 115 Å². The van der Waals surface area contributed by atoms with Crippen LogP contribution in [0.5, 0.6) is 5.75 Å². The maximum Gasteiger partial charge on any atom is 0.325 e. The molecular formula is C16H16O6. The lowest BCUT2D eigenvalue weighted by Crippen LogP contribution is -2.23. The largest absolute Gasteiger partial charge is 0.508 e. The number of hydrogen-bond acceptors (Lipinski definition) is 4. The van der Waals surface area contributed by atoms with E-state index in [0.29, 0.717) is 0 Å². The third kappa shape index (κ3) is 4.32. The van der Waals surface area contributed by atoms with E-state index in [1.165, 1.54) is 24.3 Å². The van der Waals surface area contributed by atoms with Crippen LogP contribution >= 0.6 is 0 Å². The van der Waals surface area contributed by atoms with Gasteiger partial charge in [-0.15, -0.1) is 0 Å². The van der Waals surface area contributed by atoms with Crippen molar-refractivity contribution >= 4 is 11.9 Å². The highest BCUT2D eigenvalue weighted by molar-refractivity contribution is 5.99. The van der Waals surface area contributed by atoms with Crippen molar-refractivity contribution in [1.82, 2.24) is 0 Å². The van der Waals surface area contributed by atoms with Crippen molar-refractivity contribution in [3.8, 4) is 5.75 Å². The molecular weight excluding hydrogens is 288 g/mol. The molecule has 0 aliphatic heterocycles. The number of hydrogen-bond donors (Lipinski definition) is 2. The molecule has 1 atom stereocenters. The monoisotopic (exact) mass is 304 g/mol. The molecule has 116 valence electrons. The van der Waals surface area contributed by atoms with Gasteiger partial charge in [0.05, 0.1) is 0 Å². The minimum atomic E-state index is -1.41. The van der Waals surface area contributed by atoms with Gasteiger partial charge in [-0.25, -0.2) is 0 Å². The number of aromatic hydroxyl groups is 1. The maximum atomic E-state index is 12.0.